The van der Waals surface area contributed by atoms with E-state index in [1.54, 1.807) is 0 Å². The van der Waals surface area contributed by atoms with Crippen LogP contribution in [0.5, 0.6) is 0 Å². The van der Waals surface area contributed by atoms with Gasteiger partial charge in [0.1, 0.15) is 6.10 Å². The highest BCUT2D eigenvalue weighted by Crippen LogP contribution is 2.47. The number of esters is 1. The summed E-state index contributed by atoms with van der Waals surface area (Å²) in [4.78, 5) is 27.3. The molecule has 1 aliphatic heterocycles. The molecule has 3 aliphatic rings. The van der Waals surface area contributed by atoms with Crippen molar-refractivity contribution in [3.8, 4) is 0 Å². The Kier molecular flexibility index (Phi) is 7.04. The van der Waals surface area contributed by atoms with Crippen LogP contribution in [-0.2, 0) is 14.3 Å². The molecule has 35 heavy (non-hydrogen) atoms. The van der Waals surface area contributed by atoms with Gasteiger partial charge in [-0.1, -0.05) is 60.0 Å². The lowest BCUT2D eigenvalue weighted by atomic mass is 9.71. The lowest BCUT2D eigenvalue weighted by molar-refractivity contribution is -0.146. The summed E-state index contributed by atoms with van der Waals surface area (Å²) in [5.41, 5.74) is 4.54. The van der Waals surface area contributed by atoms with Gasteiger partial charge in [0, 0.05) is 39.4 Å². The van der Waals surface area contributed by atoms with E-state index in [4.69, 9.17) is 27.9 Å². The van der Waals surface area contributed by atoms with Crippen molar-refractivity contribution in [2.24, 2.45) is 0 Å². The third kappa shape index (κ3) is 4.92. The summed E-state index contributed by atoms with van der Waals surface area (Å²) < 4.78 is 5.98. The van der Waals surface area contributed by atoms with Crippen molar-refractivity contribution in [2.75, 3.05) is 0 Å². The van der Waals surface area contributed by atoms with E-state index in [9.17, 15) is 9.59 Å². The first-order chi connectivity index (χ1) is 16.9. The zero-order valence-electron chi connectivity index (χ0n) is 19.8. The number of ether oxygens (including phenoxy) is 1. The van der Waals surface area contributed by atoms with Crippen molar-refractivity contribution < 1.29 is 14.3 Å². The average Bonchev–Trinajstić information content (AvgIpc) is 2.84. The van der Waals surface area contributed by atoms with E-state index >= 15 is 0 Å². The number of ketones is 1. The van der Waals surface area contributed by atoms with Crippen LogP contribution in [0, 0.1) is 0 Å². The number of hydrogen-bond donors (Lipinski definition) is 1. The van der Waals surface area contributed by atoms with E-state index in [2.05, 4.69) is 5.32 Å². The van der Waals surface area contributed by atoms with Crippen molar-refractivity contribution in [3.05, 3.63) is 92.2 Å². The molecule has 6 heteroatoms. The third-order valence-electron chi connectivity index (χ3n) is 7.43. The molecular formula is C29H29Cl2NO3. The number of dihydropyridines is 1. The summed E-state index contributed by atoms with van der Waals surface area (Å²) in [5, 5.41) is 4.62. The molecule has 0 saturated heterocycles. The molecule has 1 saturated carbocycles. The number of benzene rings is 2. The molecule has 1 N–H and O–H groups in total. The molecule has 0 aromatic heterocycles. The maximum absolute atomic E-state index is 13.7. The minimum Gasteiger partial charge on any atom is -0.459 e. The number of nitrogens with one attached hydrogen (secondary N) is 1. The van der Waals surface area contributed by atoms with Crippen molar-refractivity contribution in [2.45, 2.75) is 69.8 Å². The summed E-state index contributed by atoms with van der Waals surface area (Å²) >= 11 is 12.7. The van der Waals surface area contributed by atoms with Gasteiger partial charge in [-0.2, -0.15) is 0 Å². The molecule has 182 valence electrons. The fraction of sp³-hybridized carbons (Fsp3) is 0.379. The number of halogens is 2. The number of rotatable bonds is 4. The van der Waals surface area contributed by atoms with Crippen LogP contribution < -0.4 is 5.32 Å². The Labute approximate surface area is 216 Å². The van der Waals surface area contributed by atoms with E-state index in [0.717, 1.165) is 48.2 Å². The maximum atomic E-state index is 13.7. The molecule has 2 aromatic rings. The van der Waals surface area contributed by atoms with Crippen molar-refractivity contribution in [1.29, 1.82) is 0 Å². The average molecular weight is 510 g/mol. The summed E-state index contributed by atoms with van der Waals surface area (Å²) in [7, 11) is 0. The van der Waals surface area contributed by atoms with Gasteiger partial charge in [0.15, 0.2) is 5.78 Å². The molecule has 0 spiro atoms. The van der Waals surface area contributed by atoms with Crippen molar-refractivity contribution >= 4 is 35.0 Å². The SMILES string of the molecule is CC1=C(C(=O)OC2CCCCC2)C(c2ccccc2Cl)C2=C(CC(c3ccc(Cl)cc3)CC2=O)N1. The third-order valence-corrected chi connectivity index (χ3v) is 8.03. The van der Waals surface area contributed by atoms with Gasteiger partial charge in [0.05, 0.1) is 5.57 Å². The van der Waals surface area contributed by atoms with E-state index in [1.807, 2.05) is 55.5 Å². The minimum absolute atomic E-state index is 0.0269. The first-order valence-corrected chi connectivity index (χ1v) is 13.1. The Morgan fingerprint density at radius 2 is 1.69 bits per heavy atom. The van der Waals surface area contributed by atoms with Crippen molar-refractivity contribution in [3.63, 3.8) is 0 Å². The fourth-order valence-corrected chi connectivity index (χ4v) is 6.07. The van der Waals surface area contributed by atoms with Gasteiger partial charge in [-0.15, -0.1) is 0 Å². The van der Waals surface area contributed by atoms with Crippen LogP contribution in [0.4, 0.5) is 0 Å². The summed E-state index contributed by atoms with van der Waals surface area (Å²) in [6, 6.07) is 15.1. The smallest absolute Gasteiger partial charge is 0.337 e. The minimum atomic E-state index is -0.547. The molecule has 4 nitrogen and oxygen atoms in total. The Balaban J connectivity index is 1.53. The molecule has 0 bridgehead atoms. The second-order valence-corrected chi connectivity index (χ2v) is 10.6. The van der Waals surface area contributed by atoms with Gasteiger partial charge in [-0.05, 0) is 74.3 Å². The summed E-state index contributed by atoms with van der Waals surface area (Å²) in [6.45, 7) is 1.89. The number of carbonyl (C=O) groups is 2. The highest BCUT2D eigenvalue weighted by Gasteiger charge is 2.42. The van der Waals surface area contributed by atoms with Crippen LogP contribution in [0.2, 0.25) is 10.0 Å². The summed E-state index contributed by atoms with van der Waals surface area (Å²) in [6.07, 6.45) is 6.06. The topological polar surface area (TPSA) is 55.4 Å². The van der Waals surface area contributed by atoms with Gasteiger partial charge in [-0.3, -0.25) is 4.79 Å². The molecule has 2 unspecified atom stereocenters. The second kappa shape index (κ2) is 10.2. The maximum Gasteiger partial charge on any atom is 0.337 e. The standard InChI is InChI=1S/C29H29Cl2NO3/c1-17-26(29(34)35-21-7-3-2-4-8-21)27(22-9-5-6-10-23(22)31)28-24(32-17)15-19(16-25(28)33)18-11-13-20(30)14-12-18/h5-6,9-14,19,21,27,32H,2-4,7-8,15-16H2,1H3. The molecule has 2 atom stereocenters. The van der Waals surface area contributed by atoms with Crippen molar-refractivity contribution in [1.82, 2.24) is 5.32 Å². The zero-order chi connectivity index (χ0) is 24.5. The zero-order valence-corrected chi connectivity index (χ0v) is 21.3. The van der Waals surface area contributed by atoms with Crippen LogP contribution in [0.15, 0.2) is 71.1 Å². The van der Waals surface area contributed by atoms with E-state index in [1.165, 1.54) is 6.42 Å². The molecular weight excluding hydrogens is 481 g/mol. The molecule has 1 fully saturated rings. The Morgan fingerprint density at radius 1 is 0.971 bits per heavy atom. The van der Waals surface area contributed by atoms with Crippen LogP contribution in [-0.4, -0.2) is 17.9 Å². The van der Waals surface area contributed by atoms with Crippen LogP contribution in [0.1, 0.15) is 74.8 Å². The Bertz CT molecular complexity index is 1210. The fourth-order valence-electron chi connectivity index (χ4n) is 5.70. The quantitative estimate of drug-likeness (QED) is 0.441. The predicted octanol–water partition coefficient (Wildman–Crippen LogP) is 7.23. The first-order valence-electron chi connectivity index (χ1n) is 12.4. The number of carbonyl (C=O) groups excluding carboxylic acids is 2. The van der Waals surface area contributed by atoms with Crippen LogP contribution >= 0.6 is 23.2 Å². The van der Waals surface area contributed by atoms with E-state index < -0.39 is 5.92 Å². The molecule has 1 heterocycles. The highest BCUT2D eigenvalue weighted by atomic mass is 35.5. The predicted molar refractivity (Wildman–Crippen MR) is 138 cm³/mol. The molecule has 0 radical (unpaired) electrons. The number of hydrogen-bond acceptors (Lipinski definition) is 4. The van der Waals surface area contributed by atoms with Gasteiger partial charge in [0.25, 0.3) is 0 Å². The van der Waals surface area contributed by atoms with Crippen LogP contribution in [0.3, 0.4) is 0 Å². The van der Waals surface area contributed by atoms with E-state index in [0.29, 0.717) is 34.0 Å². The lowest BCUT2D eigenvalue weighted by Crippen LogP contribution is -2.37. The Morgan fingerprint density at radius 3 is 2.40 bits per heavy atom. The first kappa shape index (κ1) is 24.1. The lowest BCUT2D eigenvalue weighted by Gasteiger charge is -2.37. The molecule has 2 aliphatic carbocycles. The largest absolute Gasteiger partial charge is 0.459 e. The van der Waals surface area contributed by atoms with E-state index in [-0.39, 0.29) is 23.8 Å². The van der Waals surface area contributed by atoms with Crippen LogP contribution in [0.25, 0.3) is 0 Å². The Hall–Kier alpha value is -2.56. The normalized spacial score (nSPS) is 23.1. The number of allylic oxidation sites excluding steroid dienone is 3. The van der Waals surface area contributed by atoms with Gasteiger partial charge < -0.3 is 10.1 Å². The van der Waals surface area contributed by atoms with Gasteiger partial charge in [0.2, 0.25) is 0 Å². The molecule has 0 amide bonds. The molecule has 2 aromatic carbocycles. The van der Waals surface area contributed by atoms with Gasteiger partial charge in [-0.25, -0.2) is 4.79 Å². The second-order valence-electron chi connectivity index (χ2n) is 9.76. The molecule has 5 rings (SSSR count). The number of Topliss-reactive ketones (excluding diaryl/α,β-unsaturated/α-hetero) is 1. The monoisotopic (exact) mass is 509 g/mol. The van der Waals surface area contributed by atoms with Gasteiger partial charge >= 0.3 is 5.97 Å². The highest BCUT2D eigenvalue weighted by molar-refractivity contribution is 6.31. The summed E-state index contributed by atoms with van der Waals surface area (Å²) in [5.74, 6) is -0.832.